The minimum Gasteiger partial charge on any atom is -0.354 e. The predicted molar refractivity (Wildman–Crippen MR) is 68.8 cm³/mol. The third-order valence-corrected chi connectivity index (χ3v) is 2.44. The van der Waals surface area contributed by atoms with Crippen LogP contribution in [0, 0.1) is 0 Å². The summed E-state index contributed by atoms with van der Waals surface area (Å²) in [4.78, 5) is 22.9. The van der Waals surface area contributed by atoms with E-state index in [1.54, 1.807) is 13.8 Å². The highest BCUT2D eigenvalue weighted by Crippen LogP contribution is 2.05. The molecule has 0 aliphatic heterocycles. The maximum absolute atomic E-state index is 11.8. The number of carbonyl (C=O) groups is 2. The summed E-state index contributed by atoms with van der Waals surface area (Å²) in [6.07, 6.45) is 0.665. The lowest BCUT2D eigenvalue weighted by atomic mass is 10.0. The second-order valence-electron chi connectivity index (χ2n) is 5.30. The van der Waals surface area contributed by atoms with E-state index in [4.69, 9.17) is 17.3 Å². The zero-order chi connectivity index (χ0) is 13.7. The summed E-state index contributed by atoms with van der Waals surface area (Å²) in [6, 6.07) is 0. The second kappa shape index (κ2) is 6.21. The van der Waals surface area contributed by atoms with E-state index in [2.05, 4.69) is 10.6 Å². The fourth-order valence-corrected chi connectivity index (χ4v) is 1.22. The Morgan fingerprint density at radius 2 is 1.76 bits per heavy atom. The summed E-state index contributed by atoms with van der Waals surface area (Å²) in [5.41, 5.74) is 4.50. The lowest BCUT2D eigenvalue weighted by Gasteiger charge is -2.26. The van der Waals surface area contributed by atoms with Gasteiger partial charge in [0.1, 0.15) is 11.4 Å². The van der Waals surface area contributed by atoms with E-state index in [0.717, 1.165) is 0 Å². The molecule has 6 heteroatoms. The fourth-order valence-electron chi connectivity index (χ4n) is 1.16. The summed E-state index contributed by atoms with van der Waals surface area (Å²) in [5.74, 6) is -0.779. The van der Waals surface area contributed by atoms with E-state index in [1.807, 2.05) is 13.8 Å². The minimum absolute atomic E-state index is 0.160. The van der Waals surface area contributed by atoms with Crippen molar-refractivity contribution in [3.05, 3.63) is 0 Å². The number of rotatable bonds is 6. The molecule has 4 N–H and O–H groups in total. The zero-order valence-corrected chi connectivity index (χ0v) is 11.6. The molecule has 0 heterocycles. The van der Waals surface area contributed by atoms with Crippen LogP contribution in [0.3, 0.4) is 0 Å². The van der Waals surface area contributed by atoms with Gasteiger partial charge >= 0.3 is 0 Å². The number of alkyl halides is 1. The first kappa shape index (κ1) is 16.2. The molecule has 0 saturated carbocycles. The Labute approximate surface area is 107 Å². The second-order valence-corrected chi connectivity index (χ2v) is 5.57. The number of hydrogen-bond donors (Lipinski definition) is 3. The average Bonchev–Trinajstić information content (AvgIpc) is 2.14. The van der Waals surface area contributed by atoms with Gasteiger partial charge in [0.05, 0.1) is 0 Å². The molecule has 100 valence electrons. The number of nitrogens with two attached hydrogens (primary N) is 1. The molecular formula is C11H22ClN3O2. The van der Waals surface area contributed by atoms with Gasteiger partial charge in [0.2, 0.25) is 11.8 Å². The maximum Gasteiger partial charge on any atom is 0.245 e. The van der Waals surface area contributed by atoms with Gasteiger partial charge in [-0.2, -0.15) is 0 Å². The Bertz CT molecular complexity index is 285. The van der Waals surface area contributed by atoms with E-state index >= 15 is 0 Å². The summed E-state index contributed by atoms with van der Waals surface area (Å²) >= 11 is 5.37. The molecule has 17 heavy (non-hydrogen) atoms. The van der Waals surface area contributed by atoms with Crippen LogP contribution in [0.4, 0.5) is 0 Å². The summed E-state index contributed by atoms with van der Waals surface area (Å²) in [5, 5.41) is 5.27. The van der Waals surface area contributed by atoms with Crippen molar-refractivity contribution in [2.45, 2.75) is 45.2 Å². The quantitative estimate of drug-likeness (QED) is 0.605. The van der Waals surface area contributed by atoms with Gasteiger partial charge in [-0.05, 0) is 34.1 Å². The zero-order valence-electron chi connectivity index (χ0n) is 10.9. The molecule has 0 rings (SSSR count). The van der Waals surface area contributed by atoms with Crippen LogP contribution in [0.25, 0.3) is 0 Å². The van der Waals surface area contributed by atoms with E-state index < -0.39 is 5.54 Å². The molecule has 2 amide bonds. The Morgan fingerprint density at radius 1 is 1.24 bits per heavy atom. The number of carbonyl (C=O) groups excluding carboxylic acids is 2. The van der Waals surface area contributed by atoms with Crippen molar-refractivity contribution in [1.29, 1.82) is 0 Å². The van der Waals surface area contributed by atoms with Crippen molar-refractivity contribution >= 4 is 23.4 Å². The standard InChI is InChI=1S/C11H22ClN3O2/c1-10(2,13)5-6-14-9(17)11(3,4)15-8(16)7-12/h5-7,13H2,1-4H3,(H,14,17)(H,15,16). The highest BCUT2D eigenvalue weighted by Gasteiger charge is 2.28. The van der Waals surface area contributed by atoms with Gasteiger partial charge in [-0.25, -0.2) is 0 Å². The fraction of sp³-hybridized carbons (Fsp3) is 0.818. The highest BCUT2D eigenvalue weighted by atomic mass is 35.5. The number of nitrogens with one attached hydrogen (secondary N) is 2. The summed E-state index contributed by atoms with van der Waals surface area (Å²) < 4.78 is 0. The number of amides is 2. The van der Waals surface area contributed by atoms with E-state index in [-0.39, 0.29) is 23.2 Å². The highest BCUT2D eigenvalue weighted by molar-refractivity contribution is 6.27. The van der Waals surface area contributed by atoms with Gasteiger partial charge < -0.3 is 16.4 Å². The third kappa shape index (κ3) is 7.18. The van der Waals surface area contributed by atoms with E-state index in [9.17, 15) is 9.59 Å². The van der Waals surface area contributed by atoms with Gasteiger partial charge in [0.15, 0.2) is 0 Å². The third-order valence-electron chi connectivity index (χ3n) is 2.20. The molecule has 0 unspecified atom stereocenters. The molecule has 0 aromatic rings. The molecular weight excluding hydrogens is 242 g/mol. The largest absolute Gasteiger partial charge is 0.354 e. The van der Waals surface area contributed by atoms with Crippen molar-refractivity contribution in [2.75, 3.05) is 12.4 Å². The van der Waals surface area contributed by atoms with E-state index in [1.165, 1.54) is 0 Å². The normalized spacial score (nSPS) is 12.1. The molecule has 0 bridgehead atoms. The molecule has 0 aromatic carbocycles. The molecule has 0 fully saturated rings. The molecule has 0 aliphatic carbocycles. The minimum atomic E-state index is -0.968. The van der Waals surface area contributed by atoms with E-state index in [0.29, 0.717) is 13.0 Å². The lowest BCUT2D eigenvalue weighted by Crippen LogP contribution is -2.55. The first-order valence-electron chi connectivity index (χ1n) is 5.52. The van der Waals surface area contributed by atoms with Crippen LogP contribution in [0.2, 0.25) is 0 Å². The summed E-state index contributed by atoms with van der Waals surface area (Å²) in [7, 11) is 0. The first-order valence-corrected chi connectivity index (χ1v) is 6.06. The van der Waals surface area contributed by atoms with Crippen molar-refractivity contribution in [2.24, 2.45) is 5.73 Å². The average molecular weight is 264 g/mol. The van der Waals surface area contributed by atoms with Crippen LogP contribution in [-0.2, 0) is 9.59 Å². The molecule has 0 atom stereocenters. The molecule has 5 nitrogen and oxygen atoms in total. The molecule has 0 spiro atoms. The van der Waals surface area contributed by atoms with Crippen LogP contribution < -0.4 is 16.4 Å². The Balaban J connectivity index is 4.16. The molecule has 0 aliphatic rings. The SMILES string of the molecule is CC(C)(N)CCNC(=O)C(C)(C)NC(=O)CCl. The number of halogens is 1. The van der Waals surface area contributed by atoms with Gasteiger partial charge in [-0.1, -0.05) is 0 Å². The lowest BCUT2D eigenvalue weighted by molar-refractivity contribution is -0.131. The van der Waals surface area contributed by atoms with Crippen LogP contribution in [-0.4, -0.2) is 35.3 Å². The molecule has 0 saturated heterocycles. The number of hydrogen-bond acceptors (Lipinski definition) is 3. The van der Waals surface area contributed by atoms with Crippen LogP contribution >= 0.6 is 11.6 Å². The van der Waals surface area contributed by atoms with Crippen molar-refractivity contribution in [1.82, 2.24) is 10.6 Å². The Hall–Kier alpha value is -0.810. The van der Waals surface area contributed by atoms with Gasteiger partial charge in [-0.15, -0.1) is 11.6 Å². The van der Waals surface area contributed by atoms with Gasteiger partial charge in [0, 0.05) is 12.1 Å². The van der Waals surface area contributed by atoms with Gasteiger partial charge in [-0.3, -0.25) is 9.59 Å². The van der Waals surface area contributed by atoms with Crippen molar-refractivity contribution < 1.29 is 9.59 Å². The molecule has 0 radical (unpaired) electrons. The topological polar surface area (TPSA) is 84.2 Å². The van der Waals surface area contributed by atoms with Gasteiger partial charge in [0.25, 0.3) is 0 Å². The Morgan fingerprint density at radius 3 is 2.18 bits per heavy atom. The van der Waals surface area contributed by atoms with Crippen LogP contribution in [0.5, 0.6) is 0 Å². The molecule has 0 aromatic heterocycles. The first-order chi connectivity index (χ1) is 7.58. The monoisotopic (exact) mass is 263 g/mol. The predicted octanol–water partition coefficient (Wildman–Crippen LogP) is 0.364. The summed E-state index contributed by atoms with van der Waals surface area (Å²) in [6.45, 7) is 7.50. The van der Waals surface area contributed by atoms with Crippen LogP contribution in [0.1, 0.15) is 34.1 Å². The van der Waals surface area contributed by atoms with Crippen LogP contribution in [0.15, 0.2) is 0 Å². The maximum atomic E-state index is 11.8. The van der Waals surface area contributed by atoms with Crippen molar-refractivity contribution in [3.63, 3.8) is 0 Å². The Kier molecular flexibility index (Phi) is 5.92. The van der Waals surface area contributed by atoms with Crippen molar-refractivity contribution in [3.8, 4) is 0 Å². The smallest absolute Gasteiger partial charge is 0.245 e.